The average Bonchev–Trinajstić information content (AvgIpc) is 3.11. The summed E-state index contributed by atoms with van der Waals surface area (Å²) >= 11 is 3.45. The van der Waals surface area contributed by atoms with Crippen LogP contribution < -0.4 is 5.73 Å². The van der Waals surface area contributed by atoms with Gasteiger partial charge in [0.1, 0.15) is 0 Å². The summed E-state index contributed by atoms with van der Waals surface area (Å²) in [5.41, 5.74) is 8.36. The van der Waals surface area contributed by atoms with Crippen LogP contribution in [0.1, 0.15) is 54.4 Å². The van der Waals surface area contributed by atoms with Crippen LogP contribution in [-0.4, -0.2) is 23.4 Å². The van der Waals surface area contributed by atoms with Gasteiger partial charge in [0.2, 0.25) is 0 Å². The van der Waals surface area contributed by atoms with Gasteiger partial charge in [0, 0.05) is 28.3 Å². The fourth-order valence-corrected chi connectivity index (χ4v) is 4.43. The molecule has 2 N–H and O–H groups in total. The lowest BCUT2D eigenvalue weighted by Crippen LogP contribution is -2.39. The molecule has 3 rings (SSSR count). The molecule has 1 aliphatic heterocycles. The molecule has 1 aromatic rings. The Balaban J connectivity index is 1.87. The van der Waals surface area contributed by atoms with E-state index < -0.39 is 0 Å². The summed E-state index contributed by atoms with van der Waals surface area (Å²) in [7, 11) is 0. The quantitative estimate of drug-likeness (QED) is 0.814. The van der Waals surface area contributed by atoms with E-state index in [1.165, 1.54) is 32.1 Å². The van der Waals surface area contributed by atoms with E-state index in [0.29, 0.717) is 17.6 Å². The van der Waals surface area contributed by atoms with Gasteiger partial charge in [-0.25, -0.2) is 0 Å². The van der Waals surface area contributed by atoms with Gasteiger partial charge in [-0.2, -0.15) is 0 Å². The minimum atomic E-state index is 0.162. The SMILES string of the molecule is Cc1c(N)cc(Br)cc1C(=O)N1CCCC1C1CCCC1. The standard InChI is InChI=1S/C17H23BrN2O/c1-11-14(9-13(18)10-15(11)19)17(21)20-8-4-7-16(20)12-5-2-3-6-12/h9-10,12,16H,2-8,19H2,1H3. The third-order valence-electron chi connectivity index (χ3n) is 5.15. The van der Waals surface area contributed by atoms with E-state index in [1.54, 1.807) is 0 Å². The van der Waals surface area contributed by atoms with Gasteiger partial charge in [-0.3, -0.25) is 4.79 Å². The number of nitrogen functional groups attached to an aromatic ring is 1. The summed E-state index contributed by atoms with van der Waals surface area (Å²) in [5, 5.41) is 0. The fraction of sp³-hybridized carbons (Fsp3) is 0.588. The molecular weight excluding hydrogens is 328 g/mol. The van der Waals surface area contributed by atoms with Gasteiger partial charge in [-0.05, 0) is 56.2 Å². The van der Waals surface area contributed by atoms with Crippen molar-refractivity contribution in [2.45, 2.75) is 51.5 Å². The summed E-state index contributed by atoms with van der Waals surface area (Å²) in [6, 6.07) is 4.22. The van der Waals surface area contributed by atoms with Crippen LogP contribution >= 0.6 is 15.9 Å². The van der Waals surface area contributed by atoms with Crippen molar-refractivity contribution in [2.75, 3.05) is 12.3 Å². The third-order valence-corrected chi connectivity index (χ3v) is 5.60. The van der Waals surface area contributed by atoms with Crippen LogP contribution in [0.25, 0.3) is 0 Å². The van der Waals surface area contributed by atoms with E-state index in [9.17, 15) is 4.79 Å². The lowest BCUT2D eigenvalue weighted by atomic mass is 9.95. The number of rotatable bonds is 2. The largest absolute Gasteiger partial charge is 0.398 e. The van der Waals surface area contributed by atoms with Crippen LogP contribution in [-0.2, 0) is 0 Å². The highest BCUT2D eigenvalue weighted by Crippen LogP contribution is 2.36. The molecule has 21 heavy (non-hydrogen) atoms. The summed E-state index contributed by atoms with van der Waals surface area (Å²) in [6.07, 6.45) is 7.52. The molecule has 1 saturated carbocycles. The number of nitrogens with zero attached hydrogens (tertiary/aromatic N) is 1. The van der Waals surface area contributed by atoms with Crippen LogP contribution in [0.4, 0.5) is 5.69 Å². The Labute approximate surface area is 135 Å². The number of amides is 1. The predicted octanol–water partition coefficient (Wildman–Crippen LogP) is 4.13. The van der Waals surface area contributed by atoms with Crippen molar-refractivity contribution >= 4 is 27.5 Å². The number of carbonyl (C=O) groups is 1. The fourth-order valence-electron chi connectivity index (χ4n) is 3.95. The van der Waals surface area contributed by atoms with Crippen molar-refractivity contribution in [3.05, 3.63) is 27.7 Å². The molecule has 1 saturated heterocycles. The highest BCUT2D eigenvalue weighted by atomic mass is 79.9. The van der Waals surface area contributed by atoms with Gasteiger partial charge in [0.15, 0.2) is 0 Å². The first kappa shape index (κ1) is 14.9. The summed E-state index contributed by atoms with van der Waals surface area (Å²) in [6.45, 7) is 2.83. The predicted molar refractivity (Wildman–Crippen MR) is 89.3 cm³/mol. The molecule has 0 spiro atoms. The molecule has 0 radical (unpaired) electrons. The third kappa shape index (κ3) is 2.83. The van der Waals surface area contributed by atoms with Crippen LogP contribution in [0.3, 0.4) is 0 Å². The first-order valence-corrected chi connectivity index (χ1v) is 8.74. The Morgan fingerprint density at radius 1 is 1.24 bits per heavy atom. The lowest BCUT2D eigenvalue weighted by Gasteiger charge is -2.30. The van der Waals surface area contributed by atoms with Crippen LogP contribution in [0.15, 0.2) is 16.6 Å². The van der Waals surface area contributed by atoms with Crippen LogP contribution in [0.2, 0.25) is 0 Å². The van der Waals surface area contributed by atoms with E-state index in [-0.39, 0.29) is 5.91 Å². The lowest BCUT2D eigenvalue weighted by molar-refractivity contribution is 0.0688. The minimum absolute atomic E-state index is 0.162. The van der Waals surface area contributed by atoms with Gasteiger partial charge in [0.05, 0.1) is 0 Å². The second-order valence-electron chi connectivity index (χ2n) is 6.42. The minimum Gasteiger partial charge on any atom is -0.398 e. The topological polar surface area (TPSA) is 46.3 Å². The maximum Gasteiger partial charge on any atom is 0.254 e. The zero-order chi connectivity index (χ0) is 15.0. The molecule has 0 bridgehead atoms. The van der Waals surface area contributed by atoms with E-state index in [1.807, 2.05) is 19.1 Å². The molecule has 1 aromatic carbocycles. The highest BCUT2D eigenvalue weighted by Gasteiger charge is 2.36. The molecule has 2 fully saturated rings. The monoisotopic (exact) mass is 350 g/mol. The molecule has 1 unspecified atom stereocenters. The molecule has 0 aromatic heterocycles. The second-order valence-corrected chi connectivity index (χ2v) is 7.34. The van der Waals surface area contributed by atoms with Gasteiger partial charge in [0.25, 0.3) is 5.91 Å². The molecule has 3 nitrogen and oxygen atoms in total. The number of anilines is 1. The van der Waals surface area contributed by atoms with Gasteiger partial charge in [-0.15, -0.1) is 0 Å². The first-order valence-electron chi connectivity index (χ1n) is 7.94. The number of nitrogens with two attached hydrogens (primary N) is 1. The first-order chi connectivity index (χ1) is 10.1. The van der Waals surface area contributed by atoms with Crippen molar-refractivity contribution in [1.82, 2.24) is 4.90 Å². The Morgan fingerprint density at radius 2 is 1.95 bits per heavy atom. The van der Waals surface area contributed by atoms with E-state index >= 15 is 0 Å². The zero-order valence-electron chi connectivity index (χ0n) is 12.6. The number of hydrogen-bond acceptors (Lipinski definition) is 2. The van der Waals surface area contributed by atoms with E-state index in [4.69, 9.17) is 5.73 Å². The van der Waals surface area contributed by atoms with Crippen LogP contribution in [0.5, 0.6) is 0 Å². The molecule has 114 valence electrons. The van der Waals surface area contributed by atoms with Gasteiger partial charge >= 0.3 is 0 Å². The normalized spacial score (nSPS) is 23.0. The maximum absolute atomic E-state index is 13.0. The second kappa shape index (κ2) is 5.99. The van der Waals surface area contributed by atoms with E-state index in [2.05, 4.69) is 20.8 Å². The zero-order valence-corrected chi connectivity index (χ0v) is 14.2. The maximum atomic E-state index is 13.0. The Kier molecular flexibility index (Phi) is 4.25. The smallest absolute Gasteiger partial charge is 0.254 e. The summed E-state index contributed by atoms with van der Waals surface area (Å²) in [5.74, 6) is 0.871. The Bertz CT molecular complexity index is 552. The van der Waals surface area contributed by atoms with Crippen molar-refractivity contribution in [1.29, 1.82) is 0 Å². The highest BCUT2D eigenvalue weighted by molar-refractivity contribution is 9.10. The average molecular weight is 351 g/mol. The van der Waals surface area contributed by atoms with Crippen LogP contribution in [0, 0.1) is 12.8 Å². The number of carbonyl (C=O) groups excluding carboxylic acids is 1. The Morgan fingerprint density at radius 3 is 2.67 bits per heavy atom. The van der Waals surface area contributed by atoms with Crippen molar-refractivity contribution < 1.29 is 4.79 Å². The number of likely N-dealkylation sites (tertiary alicyclic amines) is 1. The molecular formula is C17H23BrN2O. The summed E-state index contributed by atoms with van der Waals surface area (Å²) in [4.78, 5) is 15.1. The van der Waals surface area contributed by atoms with Gasteiger partial charge in [-0.1, -0.05) is 28.8 Å². The Hall–Kier alpha value is -1.03. The molecule has 1 amide bonds. The number of hydrogen-bond donors (Lipinski definition) is 1. The van der Waals surface area contributed by atoms with Crippen molar-refractivity contribution in [3.8, 4) is 0 Å². The molecule has 1 atom stereocenters. The van der Waals surface area contributed by atoms with Crippen molar-refractivity contribution in [3.63, 3.8) is 0 Å². The molecule has 1 heterocycles. The number of benzene rings is 1. The van der Waals surface area contributed by atoms with Gasteiger partial charge < -0.3 is 10.6 Å². The van der Waals surface area contributed by atoms with Crippen molar-refractivity contribution in [2.24, 2.45) is 5.92 Å². The molecule has 4 heteroatoms. The molecule has 1 aliphatic carbocycles. The number of halogens is 1. The van der Waals surface area contributed by atoms with E-state index in [0.717, 1.165) is 28.6 Å². The molecule has 2 aliphatic rings. The summed E-state index contributed by atoms with van der Waals surface area (Å²) < 4.78 is 0.880.